The predicted molar refractivity (Wildman–Crippen MR) is 77.4 cm³/mol. The van der Waals surface area contributed by atoms with Crippen molar-refractivity contribution in [1.82, 2.24) is 15.0 Å². The first kappa shape index (κ1) is 14.8. The Morgan fingerprint density at radius 2 is 2.20 bits per heavy atom. The first-order valence-electron chi connectivity index (χ1n) is 7.04. The Morgan fingerprint density at radius 3 is 2.80 bits per heavy atom. The van der Waals surface area contributed by atoms with Crippen LogP contribution < -0.4 is 15.0 Å². The van der Waals surface area contributed by atoms with Crippen molar-refractivity contribution in [2.45, 2.75) is 38.8 Å². The zero-order valence-electron chi connectivity index (χ0n) is 12.6. The summed E-state index contributed by atoms with van der Waals surface area (Å²) in [5, 5.41) is 3.17. The molecule has 1 N–H and O–H groups in total. The van der Waals surface area contributed by atoms with Crippen molar-refractivity contribution in [3.8, 4) is 6.01 Å². The van der Waals surface area contributed by atoms with Crippen molar-refractivity contribution in [2.75, 3.05) is 37.5 Å². The van der Waals surface area contributed by atoms with Crippen LogP contribution in [0.3, 0.4) is 0 Å². The second-order valence-electron chi connectivity index (χ2n) is 4.92. The van der Waals surface area contributed by atoms with Gasteiger partial charge >= 0.3 is 6.01 Å². The predicted octanol–water partition coefficient (Wildman–Crippen LogP) is 1.32. The molecule has 1 aliphatic rings. The minimum absolute atomic E-state index is 0.176. The molecule has 0 saturated carbocycles. The van der Waals surface area contributed by atoms with E-state index in [0.717, 1.165) is 26.0 Å². The summed E-state index contributed by atoms with van der Waals surface area (Å²) < 4.78 is 10.8. The lowest BCUT2D eigenvalue weighted by atomic mass is 10.1. The standard InChI is InChI=1S/C13H23N5O2/c1-5-7-14-11-15-12(17-13(16-11)19-4)18(3)10-6-8-20-9(10)2/h9-10H,5-8H2,1-4H3,(H,14,15,16,17). The number of ether oxygens (including phenoxy) is 2. The normalized spacial score (nSPS) is 21.8. The summed E-state index contributed by atoms with van der Waals surface area (Å²) in [7, 11) is 3.54. The Labute approximate surface area is 119 Å². The molecule has 0 aromatic carbocycles. The Hall–Kier alpha value is -1.63. The molecule has 1 saturated heterocycles. The fourth-order valence-electron chi connectivity index (χ4n) is 2.29. The average molecular weight is 281 g/mol. The van der Waals surface area contributed by atoms with E-state index in [9.17, 15) is 0 Å². The Bertz CT molecular complexity index is 443. The van der Waals surface area contributed by atoms with E-state index in [0.29, 0.717) is 17.9 Å². The Kier molecular flexibility index (Phi) is 4.94. The van der Waals surface area contributed by atoms with E-state index in [4.69, 9.17) is 9.47 Å². The van der Waals surface area contributed by atoms with Crippen molar-refractivity contribution in [1.29, 1.82) is 0 Å². The minimum atomic E-state index is 0.176. The molecule has 0 spiro atoms. The second kappa shape index (κ2) is 6.69. The molecule has 1 aromatic rings. The van der Waals surface area contributed by atoms with Gasteiger partial charge in [-0.15, -0.1) is 0 Å². The van der Waals surface area contributed by atoms with Crippen LogP contribution in [0.25, 0.3) is 0 Å². The summed E-state index contributed by atoms with van der Waals surface area (Å²) in [5.74, 6) is 1.16. The average Bonchev–Trinajstić information content (AvgIpc) is 2.90. The maximum Gasteiger partial charge on any atom is 0.322 e. The molecule has 0 aliphatic carbocycles. The summed E-state index contributed by atoms with van der Waals surface area (Å²) in [6.07, 6.45) is 2.16. The number of hydrogen-bond donors (Lipinski definition) is 1. The number of rotatable bonds is 6. The van der Waals surface area contributed by atoms with Crippen LogP contribution in [0.2, 0.25) is 0 Å². The van der Waals surface area contributed by atoms with Gasteiger partial charge in [-0.1, -0.05) is 6.92 Å². The summed E-state index contributed by atoms with van der Waals surface area (Å²) in [5.41, 5.74) is 0. The molecule has 20 heavy (non-hydrogen) atoms. The zero-order chi connectivity index (χ0) is 14.5. The lowest BCUT2D eigenvalue weighted by molar-refractivity contribution is 0.118. The number of hydrogen-bond acceptors (Lipinski definition) is 7. The molecule has 1 aliphatic heterocycles. The maximum atomic E-state index is 5.60. The highest BCUT2D eigenvalue weighted by atomic mass is 16.5. The van der Waals surface area contributed by atoms with Crippen molar-refractivity contribution < 1.29 is 9.47 Å². The first-order chi connectivity index (χ1) is 9.65. The maximum absolute atomic E-state index is 5.60. The fraction of sp³-hybridized carbons (Fsp3) is 0.769. The van der Waals surface area contributed by atoms with Gasteiger partial charge in [-0.3, -0.25) is 0 Å². The van der Waals surface area contributed by atoms with Gasteiger partial charge in [0.1, 0.15) is 0 Å². The zero-order valence-corrected chi connectivity index (χ0v) is 12.6. The third-order valence-corrected chi connectivity index (χ3v) is 3.47. The van der Waals surface area contributed by atoms with E-state index in [1.54, 1.807) is 7.11 Å². The smallest absolute Gasteiger partial charge is 0.322 e. The van der Waals surface area contributed by atoms with Gasteiger partial charge in [-0.2, -0.15) is 15.0 Å². The lowest BCUT2D eigenvalue weighted by Crippen LogP contribution is -2.38. The van der Waals surface area contributed by atoms with E-state index in [1.807, 2.05) is 11.9 Å². The highest BCUT2D eigenvalue weighted by Crippen LogP contribution is 2.23. The van der Waals surface area contributed by atoms with Gasteiger partial charge in [0.2, 0.25) is 11.9 Å². The van der Waals surface area contributed by atoms with Crippen molar-refractivity contribution in [3.63, 3.8) is 0 Å². The molecule has 2 rings (SSSR count). The van der Waals surface area contributed by atoms with E-state index in [-0.39, 0.29) is 12.1 Å². The van der Waals surface area contributed by atoms with Crippen LogP contribution >= 0.6 is 0 Å². The molecule has 1 aromatic heterocycles. The van der Waals surface area contributed by atoms with E-state index in [1.165, 1.54) is 0 Å². The number of likely N-dealkylation sites (N-methyl/N-ethyl adjacent to an activating group) is 1. The summed E-state index contributed by atoms with van der Waals surface area (Å²) in [6, 6.07) is 0.605. The van der Waals surface area contributed by atoms with Crippen LogP contribution in [-0.4, -0.2) is 54.4 Å². The quantitative estimate of drug-likeness (QED) is 0.843. The monoisotopic (exact) mass is 281 g/mol. The number of anilines is 2. The number of aromatic nitrogens is 3. The largest absolute Gasteiger partial charge is 0.467 e. The first-order valence-corrected chi connectivity index (χ1v) is 7.04. The number of nitrogens with one attached hydrogen (secondary N) is 1. The lowest BCUT2D eigenvalue weighted by Gasteiger charge is -2.26. The molecule has 7 nitrogen and oxygen atoms in total. The van der Waals surface area contributed by atoms with Crippen LogP contribution in [0.15, 0.2) is 0 Å². The van der Waals surface area contributed by atoms with E-state index in [2.05, 4.69) is 34.1 Å². The van der Waals surface area contributed by atoms with Crippen molar-refractivity contribution in [2.24, 2.45) is 0 Å². The van der Waals surface area contributed by atoms with Crippen LogP contribution in [0.4, 0.5) is 11.9 Å². The molecule has 2 heterocycles. The third-order valence-electron chi connectivity index (χ3n) is 3.47. The van der Waals surface area contributed by atoms with Gasteiger partial charge in [0.05, 0.1) is 19.3 Å². The van der Waals surface area contributed by atoms with E-state index >= 15 is 0 Å². The Balaban J connectivity index is 2.20. The molecule has 0 bridgehead atoms. The molecular formula is C13H23N5O2. The second-order valence-corrected chi connectivity index (χ2v) is 4.92. The molecule has 7 heteroatoms. The van der Waals surface area contributed by atoms with Gasteiger partial charge < -0.3 is 19.7 Å². The SMILES string of the molecule is CCCNc1nc(OC)nc(N(C)C2CCOC2C)n1. The Morgan fingerprint density at radius 1 is 1.40 bits per heavy atom. The highest BCUT2D eigenvalue weighted by Gasteiger charge is 2.29. The fourth-order valence-corrected chi connectivity index (χ4v) is 2.29. The van der Waals surface area contributed by atoms with Gasteiger partial charge in [-0.05, 0) is 19.8 Å². The topological polar surface area (TPSA) is 72.4 Å². The molecule has 1 fully saturated rings. The summed E-state index contributed by atoms with van der Waals surface area (Å²) in [6.45, 7) is 5.76. The van der Waals surface area contributed by atoms with Crippen molar-refractivity contribution >= 4 is 11.9 Å². The molecule has 2 unspecified atom stereocenters. The molecule has 0 amide bonds. The van der Waals surface area contributed by atoms with Gasteiger partial charge in [0.15, 0.2) is 0 Å². The molecule has 2 atom stereocenters. The molecule has 112 valence electrons. The van der Waals surface area contributed by atoms with Gasteiger partial charge in [0, 0.05) is 20.2 Å². The van der Waals surface area contributed by atoms with E-state index < -0.39 is 0 Å². The van der Waals surface area contributed by atoms with Gasteiger partial charge in [-0.25, -0.2) is 0 Å². The van der Waals surface area contributed by atoms with Crippen LogP contribution in [-0.2, 0) is 4.74 Å². The minimum Gasteiger partial charge on any atom is -0.467 e. The molecule has 0 radical (unpaired) electrons. The third kappa shape index (κ3) is 3.27. The summed E-state index contributed by atoms with van der Waals surface area (Å²) >= 11 is 0. The van der Waals surface area contributed by atoms with Gasteiger partial charge in [0.25, 0.3) is 0 Å². The van der Waals surface area contributed by atoms with Crippen LogP contribution in [0.1, 0.15) is 26.7 Å². The molecular weight excluding hydrogens is 258 g/mol. The van der Waals surface area contributed by atoms with Crippen LogP contribution in [0.5, 0.6) is 6.01 Å². The summed E-state index contributed by atoms with van der Waals surface area (Å²) in [4.78, 5) is 15.0. The number of methoxy groups -OCH3 is 1. The highest BCUT2D eigenvalue weighted by molar-refractivity contribution is 5.39. The number of nitrogens with zero attached hydrogens (tertiary/aromatic N) is 4. The van der Waals surface area contributed by atoms with Crippen molar-refractivity contribution in [3.05, 3.63) is 0 Å². The van der Waals surface area contributed by atoms with Crippen LogP contribution in [0, 0.1) is 0 Å².